The molecule has 56 valence electrons. The van der Waals surface area contributed by atoms with Crippen molar-refractivity contribution in [1.82, 2.24) is 9.97 Å². The summed E-state index contributed by atoms with van der Waals surface area (Å²) in [6.07, 6.45) is 3.53. The van der Waals surface area contributed by atoms with E-state index in [1.807, 2.05) is 6.92 Å². The van der Waals surface area contributed by atoms with Crippen molar-refractivity contribution in [3.05, 3.63) is 18.2 Å². The van der Waals surface area contributed by atoms with Crippen LogP contribution in [0.5, 0.6) is 0 Å². The standard InChI is InChI=1S/C4H6N2.B.3FH/c1-4-5-2-3-6-4;;;;/h2-3H,1H3,(H,5,6);;3*1H/q;+3;;;/p-3. The van der Waals surface area contributed by atoms with Gasteiger partial charge in [0.2, 0.25) is 0 Å². The maximum absolute atomic E-state index is 3.86. The molecule has 2 nitrogen and oxygen atoms in total. The molecular weight excluding hydrogens is 144 g/mol. The summed E-state index contributed by atoms with van der Waals surface area (Å²) < 4.78 is 0. The molecule has 0 aromatic carbocycles. The van der Waals surface area contributed by atoms with Gasteiger partial charge in [-0.25, -0.2) is 4.98 Å². The molecule has 6 heteroatoms. The largest absolute Gasteiger partial charge is 3.00 e. The van der Waals surface area contributed by atoms with Crippen LogP contribution in [0.3, 0.4) is 0 Å². The van der Waals surface area contributed by atoms with Gasteiger partial charge in [0.1, 0.15) is 5.82 Å². The minimum atomic E-state index is 0. The number of hydrogen-bond acceptors (Lipinski definition) is 1. The van der Waals surface area contributed by atoms with Crippen LogP contribution < -0.4 is 14.1 Å². The Balaban J connectivity index is -0.0000000450. The topological polar surface area (TPSA) is 28.7 Å². The Labute approximate surface area is 58.7 Å². The van der Waals surface area contributed by atoms with Crippen molar-refractivity contribution in [3.63, 3.8) is 0 Å². The molecule has 0 aliphatic rings. The molecule has 0 aliphatic heterocycles. The molecule has 1 heterocycles. The molecular formula is C4H6BF3N2. The first kappa shape index (κ1) is 23.0. The van der Waals surface area contributed by atoms with E-state index in [-0.39, 0.29) is 22.5 Å². The van der Waals surface area contributed by atoms with Gasteiger partial charge in [0.05, 0.1) is 0 Å². The smallest absolute Gasteiger partial charge is 1.00 e. The zero-order valence-corrected chi connectivity index (χ0v) is 5.31. The fourth-order valence-electron chi connectivity index (χ4n) is 0.344. The summed E-state index contributed by atoms with van der Waals surface area (Å²) in [4.78, 5) is 6.75. The third kappa shape index (κ3) is 7.06. The van der Waals surface area contributed by atoms with Crippen LogP contribution >= 0.6 is 0 Å². The van der Waals surface area contributed by atoms with Gasteiger partial charge in [-0.2, -0.15) is 0 Å². The molecule has 0 radical (unpaired) electrons. The summed E-state index contributed by atoms with van der Waals surface area (Å²) in [5.74, 6) is 0.968. The first-order valence-electron chi connectivity index (χ1n) is 1.85. The molecule has 0 spiro atoms. The number of imidazole rings is 1. The maximum atomic E-state index is 3.86. The van der Waals surface area contributed by atoms with Gasteiger partial charge in [-0.1, -0.05) is 0 Å². The minimum absolute atomic E-state index is 0. The number of H-pyrrole nitrogens is 1. The molecule has 0 aliphatic carbocycles. The number of halogens is 3. The van der Waals surface area contributed by atoms with Gasteiger partial charge in [-0.15, -0.1) is 0 Å². The second-order valence-corrected chi connectivity index (χ2v) is 1.17. The van der Waals surface area contributed by atoms with E-state index in [0.717, 1.165) is 5.82 Å². The summed E-state index contributed by atoms with van der Waals surface area (Å²) in [7, 11) is 0. The predicted molar refractivity (Wildman–Crippen MR) is 29.1 cm³/mol. The van der Waals surface area contributed by atoms with Crippen LogP contribution in [0.4, 0.5) is 0 Å². The summed E-state index contributed by atoms with van der Waals surface area (Å²) in [5.41, 5.74) is 0. The summed E-state index contributed by atoms with van der Waals surface area (Å²) in [6, 6.07) is 0. The zero-order chi connectivity index (χ0) is 4.41. The van der Waals surface area contributed by atoms with Gasteiger partial charge in [0.15, 0.2) is 0 Å². The van der Waals surface area contributed by atoms with Gasteiger partial charge in [0.25, 0.3) is 0 Å². The van der Waals surface area contributed by atoms with Crippen molar-refractivity contribution in [2.45, 2.75) is 6.92 Å². The summed E-state index contributed by atoms with van der Waals surface area (Å²) >= 11 is 0. The number of hydrogen-bond donors (Lipinski definition) is 1. The Bertz CT molecular complexity index is 122. The van der Waals surface area contributed by atoms with Crippen LogP contribution in [0.2, 0.25) is 0 Å². The van der Waals surface area contributed by atoms with E-state index >= 15 is 0 Å². The van der Waals surface area contributed by atoms with Crippen molar-refractivity contribution in [2.75, 3.05) is 0 Å². The van der Waals surface area contributed by atoms with Crippen LogP contribution in [0.1, 0.15) is 5.82 Å². The maximum Gasteiger partial charge on any atom is 3.00 e. The van der Waals surface area contributed by atoms with E-state index in [4.69, 9.17) is 0 Å². The molecule has 0 unspecified atom stereocenters. The Morgan fingerprint density at radius 1 is 1.30 bits per heavy atom. The summed E-state index contributed by atoms with van der Waals surface area (Å²) in [5, 5.41) is 0. The van der Waals surface area contributed by atoms with Crippen LogP contribution in [0.15, 0.2) is 12.4 Å². The van der Waals surface area contributed by atoms with Crippen LogP contribution in [0.25, 0.3) is 0 Å². The molecule has 0 atom stereocenters. The van der Waals surface area contributed by atoms with E-state index in [1.165, 1.54) is 0 Å². The monoisotopic (exact) mass is 150 g/mol. The van der Waals surface area contributed by atoms with E-state index in [9.17, 15) is 0 Å². The Hall–Kier alpha value is -0.935. The van der Waals surface area contributed by atoms with E-state index in [2.05, 4.69) is 9.97 Å². The predicted octanol–water partition coefficient (Wildman–Crippen LogP) is -8.65. The number of aryl methyl sites for hydroxylation is 1. The SMILES string of the molecule is Cc1ncc[nH]1.[B+3].[F-].[F-].[F-]. The minimum Gasteiger partial charge on any atom is -1.00 e. The number of rotatable bonds is 0. The quantitative estimate of drug-likeness (QED) is 0.365. The Morgan fingerprint density at radius 3 is 1.90 bits per heavy atom. The van der Waals surface area contributed by atoms with Crippen molar-refractivity contribution >= 4 is 8.41 Å². The third-order valence-electron chi connectivity index (χ3n) is 0.635. The Kier molecular flexibility index (Phi) is 25.2. The van der Waals surface area contributed by atoms with E-state index < -0.39 is 0 Å². The van der Waals surface area contributed by atoms with Crippen LogP contribution in [0, 0.1) is 6.92 Å². The number of aromatic amines is 1. The first-order valence-corrected chi connectivity index (χ1v) is 1.85. The molecule has 0 bridgehead atoms. The van der Waals surface area contributed by atoms with Crippen molar-refractivity contribution in [3.8, 4) is 0 Å². The molecule has 1 aromatic heterocycles. The van der Waals surface area contributed by atoms with Gasteiger partial charge < -0.3 is 19.1 Å². The second kappa shape index (κ2) is 10.9. The zero-order valence-electron chi connectivity index (χ0n) is 5.31. The normalized spacial score (nSPS) is 5.30. The first-order chi connectivity index (χ1) is 2.89. The van der Waals surface area contributed by atoms with Gasteiger partial charge >= 0.3 is 8.41 Å². The molecule has 10 heavy (non-hydrogen) atoms. The fraction of sp³-hybridized carbons (Fsp3) is 0.250. The average Bonchev–Trinajstić information content (AvgIpc) is 1.86. The van der Waals surface area contributed by atoms with E-state index in [0.29, 0.717) is 0 Å². The van der Waals surface area contributed by atoms with Gasteiger partial charge in [0, 0.05) is 12.4 Å². The molecule has 0 saturated heterocycles. The molecule has 0 saturated carbocycles. The van der Waals surface area contributed by atoms with Crippen molar-refractivity contribution in [2.24, 2.45) is 0 Å². The van der Waals surface area contributed by atoms with Gasteiger partial charge in [-0.05, 0) is 6.92 Å². The van der Waals surface area contributed by atoms with Crippen LogP contribution in [-0.2, 0) is 0 Å². The Morgan fingerprint density at radius 2 is 1.80 bits per heavy atom. The van der Waals surface area contributed by atoms with E-state index in [1.54, 1.807) is 12.4 Å². The van der Waals surface area contributed by atoms with Crippen molar-refractivity contribution < 1.29 is 14.1 Å². The molecule has 1 rings (SSSR count). The van der Waals surface area contributed by atoms with Gasteiger partial charge in [-0.3, -0.25) is 0 Å². The third-order valence-corrected chi connectivity index (χ3v) is 0.635. The molecule has 1 aromatic rings. The number of aromatic nitrogens is 2. The molecule has 0 amide bonds. The van der Waals surface area contributed by atoms with Crippen LogP contribution in [-0.4, -0.2) is 18.4 Å². The molecule has 0 fully saturated rings. The molecule has 1 N–H and O–H groups in total. The fourth-order valence-corrected chi connectivity index (χ4v) is 0.344. The summed E-state index contributed by atoms with van der Waals surface area (Å²) in [6.45, 7) is 1.92. The van der Waals surface area contributed by atoms with Crippen molar-refractivity contribution in [1.29, 1.82) is 0 Å². The number of nitrogens with one attached hydrogen (secondary N) is 1. The number of nitrogens with zero attached hydrogens (tertiary/aromatic N) is 1. The second-order valence-electron chi connectivity index (χ2n) is 1.17. The average molecular weight is 150 g/mol.